The molecule has 0 saturated heterocycles. The van der Waals surface area contributed by atoms with Crippen molar-refractivity contribution in [3.05, 3.63) is 46.7 Å². The molecule has 16 heavy (non-hydrogen) atoms. The molecule has 0 spiro atoms. The molecular weight excluding hydrogens is 275 g/mol. The molecule has 1 unspecified atom stereocenters. The van der Waals surface area contributed by atoms with Crippen LogP contribution >= 0.6 is 15.9 Å². The fourth-order valence-corrected chi connectivity index (χ4v) is 1.60. The summed E-state index contributed by atoms with van der Waals surface area (Å²) >= 11 is 3.29. The van der Waals surface area contributed by atoms with Gasteiger partial charge in [0.25, 0.3) is 0 Å². The molecule has 0 aliphatic carbocycles. The van der Waals surface area contributed by atoms with Crippen LogP contribution in [0.5, 0.6) is 0 Å². The lowest BCUT2D eigenvalue weighted by Crippen LogP contribution is -2.07. The minimum absolute atomic E-state index is 0.174. The molecule has 2 nitrogen and oxygen atoms in total. The number of halogens is 2. The zero-order valence-electron chi connectivity index (χ0n) is 9.08. The molecule has 0 radical (unpaired) electrons. The molecule has 0 amide bonds. The van der Waals surface area contributed by atoms with Crippen molar-refractivity contribution >= 4 is 15.9 Å². The second-order valence-electron chi connectivity index (χ2n) is 3.33. The first-order chi connectivity index (χ1) is 7.63. The van der Waals surface area contributed by atoms with Gasteiger partial charge in [0.15, 0.2) is 0 Å². The van der Waals surface area contributed by atoms with Gasteiger partial charge < -0.3 is 9.47 Å². The van der Waals surface area contributed by atoms with Gasteiger partial charge in [-0.15, -0.1) is 0 Å². The summed E-state index contributed by atoms with van der Waals surface area (Å²) in [6.07, 6.45) is 0.446. The zero-order valence-corrected chi connectivity index (χ0v) is 10.7. The Labute approximate surface area is 103 Å². The molecule has 0 N–H and O–H groups in total. The van der Waals surface area contributed by atoms with Gasteiger partial charge in [-0.05, 0) is 22.2 Å². The molecule has 1 aromatic rings. The fraction of sp³-hybridized carbons (Fsp3) is 0.333. The standard InChI is InChI=1S/C12H14BrFO2/c1-9(13)7-12(16-8-15-2)10-3-5-11(14)6-4-10/h3-6,12H,1,7-8H2,2H3. The van der Waals surface area contributed by atoms with Crippen LogP contribution in [-0.2, 0) is 9.47 Å². The van der Waals surface area contributed by atoms with Crippen LogP contribution < -0.4 is 0 Å². The van der Waals surface area contributed by atoms with Crippen molar-refractivity contribution in [1.82, 2.24) is 0 Å². The summed E-state index contributed by atoms with van der Waals surface area (Å²) in [6.45, 7) is 3.96. The van der Waals surface area contributed by atoms with Crippen molar-refractivity contribution in [2.75, 3.05) is 13.9 Å². The maximum atomic E-state index is 12.8. The highest BCUT2D eigenvalue weighted by Crippen LogP contribution is 2.26. The predicted molar refractivity (Wildman–Crippen MR) is 64.8 cm³/mol. The number of benzene rings is 1. The highest BCUT2D eigenvalue weighted by Gasteiger charge is 2.12. The topological polar surface area (TPSA) is 18.5 Å². The first kappa shape index (κ1) is 13.4. The van der Waals surface area contributed by atoms with Gasteiger partial charge in [-0.1, -0.05) is 34.6 Å². The fourth-order valence-electron chi connectivity index (χ4n) is 1.30. The molecule has 1 aromatic carbocycles. The highest BCUT2D eigenvalue weighted by atomic mass is 79.9. The Balaban J connectivity index is 2.74. The average molecular weight is 289 g/mol. The summed E-state index contributed by atoms with van der Waals surface area (Å²) < 4.78 is 24.0. The minimum Gasteiger partial charge on any atom is -0.359 e. The third-order valence-corrected chi connectivity index (χ3v) is 2.36. The molecule has 0 bridgehead atoms. The van der Waals surface area contributed by atoms with E-state index in [-0.39, 0.29) is 18.7 Å². The summed E-state index contributed by atoms with van der Waals surface area (Å²) in [4.78, 5) is 0. The summed E-state index contributed by atoms with van der Waals surface area (Å²) in [5, 5.41) is 0. The summed E-state index contributed by atoms with van der Waals surface area (Å²) in [6, 6.07) is 6.22. The van der Waals surface area contributed by atoms with E-state index in [1.54, 1.807) is 19.2 Å². The smallest absolute Gasteiger partial charge is 0.147 e. The van der Waals surface area contributed by atoms with Crippen LogP contribution in [0.2, 0.25) is 0 Å². The average Bonchev–Trinajstić information content (AvgIpc) is 2.25. The van der Waals surface area contributed by atoms with Gasteiger partial charge in [0.1, 0.15) is 12.6 Å². The Bertz CT molecular complexity index is 337. The van der Waals surface area contributed by atoms with Crippen LogP contribution in [0.3, 0.4) is 0 Å². The lowest BCUT2D eigenvalue weighted by atomic mass is 10.1. The van der Waals surface area contributed by atoms with Crippen LogP contribution in [0.25, 0.3) is 0 Å². The SMILES string of the molecule is C=C(Br)CC(OCOC)c1ccc(F)cc1. The van der Waals surface area contributed by atoms with Gasteiger partial charge in [-0.2, -0.15) is 0 Å². The number of ether oxygens (including phenoxy) is 2. The second-order valence-corrected chi connectivity index (χ2v) is 4.46. The van der Waals surface area contributed by atoms with Crippen molar-refractivity contribution in [3.63, 3.8) is 0 Å². The van der Waals surface area contributed by atoms with E-state index in [4.69, 9.17) is 9.47 Å². The van der Waals surface area contributed by atoms with E-state index in [0.29, 0.717) is 6.42 Å². The lowest BCUT2D eigenvalue weighted by molar-refractivity contribution is -0.0723. The molecule has 1 rings (SSSR count). The van der Waals surface area contributed by atoms with E-state index in [9.17, 15) is 4.39 Å². The van der Waals surface area contributed by atoms with Gasteiger partial charge in [0.05, 0.1) is 6.10 Å². The number of methoxy groups -OCH3 is 1. The van der Waals surface area contributed by atoms with Crippen molar-refractivity contribution in [2.24, 2.45) is 0 Å². The quantitative estimate of drug-likeness (QED) is 0.742. The van der Waals surface area contributed by atoms with Crippen molar-refractivity contribution in [2.45, 2.75) is 12.5 Å². The van der Waals surface area contributed by atoms with Crippen LogP contribution in [0.4, 0.5) is 4.39 Å². The Hall–Kier alpha value is -0.710. The molecule has 4 heteroatoms. The van der Waals surface area contributed by atoms with Crippen LogP contribution in [-0.4, -0.2) is 13.9 Å². The summed E-state index contributed by atoms with van der Waals surface area (Å²) in [5.74, 6) is -0.257. The molecular formula is C12H14BrFO2. The van der Waals surface area contributed by atoms with Crippen molar-refractivity contribution < 1.29 is 13.9 Å². The van der Waals surface area contributed by atoms with Gasteiger partial charge in [0.2, 0.25) is 0 Å². The van der Waals surface area contributed by atoms with E-state index in [0.717, 1.165) is 10.0 Å². The van der Waals surface area contributed by atoms with Gasteiger partial charge in [-0.3, -0.25) is 0 Å². The molecule has 0 aliphatic rings. The van der Waals surface area contributed by atoms with Gasteiger partial charge in [0, 0.05) is 13.5 Å². The summed E-state index contributed by atoms with van der Waals surface area (Å²) in [5.41, 5.74) is 0.902. The van der Waals surface area contributed by atoms with Crippen molar-refractivity contribution in [1.29, 1.82) is 0 Å². The maximum Gasteiger partial charge on any atom is 0.147 e. The molecule has 0 saturated carbocycles. The lowest BCUT2D eigenvalue weighted by Gasteiger charge is -2.17. The first-order valence-corrected chi connectivity index (χ1v) is 5.62. The van der Waals surface area contributed by atoms with E-state index in [1.165, 1.54) is 12.1 Å². The molecule has 0 fully saturated rings. The zero-order chi connectivity index (χ0) is 12.0. The van der Waals surface area contributed by atoms with Crippen molar-refractivity contribution in [3.8, 4) is 0 Å². The van der Waals surface area contributed by atoms with Gasteiger partial charge >= 0.3 is 0 Å². The van der Waals surface area contributed by atoms with Crippen LogP contribution in [0, 0.1) is 5.82 Å². The Morgan fingerprint density at radius 1 is 1.44 bits per heavy atom. The Morgan fingerprint density at radius 3 is 2.56 bits per heavy atom. The predicted octanol–water partition coefficient (Wildman–Crippen LogP) is 3.79. The van der Waals surface area contributed by atoms with E-state index >= 15 is 0 Å². The third kappa shape index (κ3) is 4.43. The molecule has 0 heterocycles. The van der Waals surface area contributed by atoms with E-state index in [2.05, 4.69) is 22.5 Å². The third-order valence-electron chi connectivity index (χ3n) is 2.04. The van der Waals surface area contributed by atoms with E-state index < -0.39 is 0 Å². The highest BCUT2D eigenvalue weighted by molar-refractivity contribution is 9.11. The molecule has 0 aromatic heterocycles. The minimum atomic E-state index is -0.257. The molecule has 88 valence electrons. The normalized spacial score (nSPS) is 12.4. The Morgan fingerprint density at radius 2 is 2.06 bits per heavy atom. The number of rotatable bonds is 6. The number of hydrogen-bond donors (Lipinski definition) is 0. The molecule has 0 aliphatic heterocycles. The summed E-state index contributed by atoms with van der Waals surface area (Å²) in [7, 11) is 1.56. The van der Waals surface area contributed by atoms with Crippen LogP contribution in [0.1, 0.15) is 18.1 Å². The Kier molecular flexibility index (Phi) is 5.66. The van der Waals surface area contributed by atoms with Gasteiger partial charge in [-0.25, -0.2) is 4.39 Å². The van der Waals surface area contributed by atoms with Crippen LogP contribution in [0.15, 0.2) is 35.3 Å². The van der Waals surface area contributed by atoms with E-state index in [1.807, 2.05) is 0 Å². The monoisotopic (exact) mass is 288 g/mol. The number of hydrogen-bond acceptors (Lipinski definition) is 2. The second kappa shape index (κ2) is 6.78. The first-order valence-electron chi connectivity index (χ1n) is 4.82. The maximum absolute atomic E-state index is 12.8. The largest absolute Gasteiger partial charge is 0.359 e. The molecule has 1 atom stereocenters.